The molecule has 17 aromatic rings. The lowest BCUT2D eigenvalue weighted by molar-refractivity contribution is -0.394. The number of methoxy groups -OCH3 is 1. The Balaban J connectivity index is 0.663. The number of aryl methyl sites for hydroxylation is 2. The molecule has 0 atom stereocenters. The SMILES string of the molecule is CCCCCCCCCCCCc1cc2c3cccc4c5cc(-c6ccc(OCCOCCOCCOC)cc6)cc6c7cc(-c8ccc(OCCOCCOCCOC(=O)c9cc%10c(c([N+](=O)[O-])c9)-c9c(cc([N+](=O)[O-])cc9[N+](=O)[O-])C%10=O)cc8)cc8c9cccc%10c%11cc(CCCCCCCCCCCC)cc%12c(c1)c2c1c(c34)c(c56)c(c87)c(c%109)c1c%11%12. The van der Waals surface area contributed by atoms with Crippen LogP contribution in [0.5, 0.6) is 11.5 Å². The van der Waals surface area contributed by atoms with E-state index in [1.54, 1.807) is 7.11 Å². The van der Waals surface area contributed by atoms with Crippen LogP contribution in [0, 0.1) is 30.3 Å². The number of carbonyl (C=O) groups excluding carboxylic acids is 2. The number of nitro groups is 3. The number of rotatable bonds is 48. The zero-order valence-electron chi connectivity index (χ0n) is 70.9. The molecule has 0 saturated heterocycles. The van der Waals surface area contributed by atoms with Gasteiger partial charge in [-0.05, 0) is 243 Å². The molecule has 0 N–H and O–H groups in total. The predicted molar refractivity (Wildman–Crippen MR) is 497 cm³/mol. The summed E-state index contributed by atoms with van der Waals surface area (Å²) in [5, 5.41) is 67.8. The van der Waals surface area contributed by atoms with Gasteiger partial charge in [0.1, 0.15) is 31.3 Å². The Bertz CT molecular complexity index is 6780. The van der Waals surface area contributed by atoms with Crippen LogP contribution in [0.1, 0.15) is 180 Å². The van der Waals surface area contributed by atoms with Gasteiger partial charge in [-0.3, -0.25) is 35.1 Å². The predicted octanol–water partition coefficient (Wildman–Crippen LogP) is 26.7. The number of nitrogens with zero attached hydrogens (tertiary/aromatic N) is 3. The fraction of sp³-hybridized carbons (Fsp3) is 0.352. The molecule has 0 saturated carbocycles. The highest BCUT2D eigenvalue weighted by Gasteiger charge is 2.42. The second-order valence-electron chi connectivity index (χ2n) is 33.8. The molecule has 0 radical (unpaired) electrons. The van der Waals surface area contributed by atoms with Crippen LogP contribution in [0.15, 0.2) is 158 Å². The molecule has 0 aliphatic heterocycles. The van der Waals surface area contributed by atoms with Gasteiger partial charge in [0.15, 0.2) is 5.78 Å². The van der Waals surface area contributed by atoms with Crippen LogP contribution < -0.4 is 9.47 Å². The molecule has 124 heavy (non-hydrogen) atoms. The van der Waals surface area contributed by atoms with Gasteiger partial charge in [-0.15, -0.1) is 0 Å². The van der Waals surface area contributed by atoms with Crippen molar-refractivity contribution in [1.29, 1.82) is 0 Å². The third-order valence-corrected chi connectivity index (χ3v) is 26.0. The number of fused-ring (bicyclic) bond motifs is 9. The summed E-state index contributed by atoms with van der Waals surface area (Å²) in [5.74, 6) is -0.509. The zero-order valence-corrected chi connectivity index (χ0v) is 70.9. The van der Waals surface area contributed by atoms with Gasteiger partial charge in [-0.2, -0.15) is 0 Å². The van der Waals surface area contributed by atoms with Gasteiger partial charge in [0.25, 0.3) is 17.1 Å². The van der Waals surface area contributed by atoms with Gasteiger partial charge in [0, 0.05) is 30.4 Å². The highest BCUT2D eigenvalue weighted by molar-refractivity contribution is 6.61. The van der Waals surface area contributed by atoms with Crippen LogP contribution in [0.3, 0.4) is 0 Å². The minimum atomic E-state index is -1.02. The van der Waals surface area contributed by atoms with E-state index in [1.807, 2.05) is 12.1 Å². The summed E-state index contributed by atoms with van der Waals surface area (Å²) < 4.78 is 46.1. The Morgan fingerprint density at radius 1 is 0.315 bits per heavy atom. The van der Waals surface area contributed by atoms with Crippen LogP contribution in [0.2, 0.25) is 0 Å². The quantitative estimate of drug-likeness (QED) is 0.00860. The number of hydrogen-bond acceptors (Lipinski definition) is 16. The second-order valence-corrected chi connectivity index (χ2v) is 33.8. The van der Waals surface area contributed by atoms with Crippen molar-refractivity contribution in [3.05, 3.63) is 216 Å². The lowest BCUT2D eigenvalue weighted by atomic mass is 9.72. The summed E-state index contributed by atoms with van der Waals surface area (Å²) in [6, 6.07) is 55.0. The molecule has 1 aliphatic carbocycles. The molecule has 634 valence electrons. The van der Waals surface area contributed by atoms with Crippen molar-refractivity contribution < 1.29 is 62.3 Å². The van der Waals surface area contributed by atoms with Gasteiger partial charge in [0.2, 0.25) is 0 Å². The first-order valence-electron chi connectivity index (χ1n) is 44.8. The Kier molecular flexibility index (Phi) is 24.7. The van der Waals surface area contributed by atoms with Crippen molar-refractivity contribution in [1.82, 2.24) is 0 Å². The number of hydrogen-bond donors (Lipinski definition) is 0. The molecule has 0 aromatic heterocycles. The highest BCUT2D eigenvalue weighted by atomic mass is 16.6. The van der Waals surface area contributed by atoms with Crippen LogP contribution in [0.25, 0.3) is 163 Å². The number of ketones is 1. The number of non-ortho nitro benzene ring substituents is 1. The maximum atomic E-state index is 13.5. The Labute approximate surface area is 718 Å². The summed E-state index contributed by atoms with van der Waals surface area (Å²) in [7, 11) is 1.66. The van der Waals surface area contributed by atoms with Crippen molar-refractivity contribution in [3.8, 4) is 44.9 Å². The molecule has 0 unspecified atom stereocenters. The average molecular weight is 1660 g/mol. The summed E-state index contributed by atoms with van der Waals surface area (Å²) in [5.41, 5.74) is 2.80. The Morgan fingerprint density at radius 3 is 1.02 bits per heavy atom. The third-order valence-electron chi connectivity index (χ3n) is 26.0. The first kappa shape index (κ1) is 83.1. The highest BCUT2D eigenvalue weighted by Crippen LogP contribution is 2.62. The number of ether oxygens (including phenoxy) is 8. The molecule has 0 fully saturated rings. The van der Waals surface area contributed by atoms with Gasteiger partial charge in [-0.25, -0.2) is 4.79 Å². The first-order valence-corrected chi connectivity index (χ1v) is 44.8. The lowest BCUT2D eigenvalue weighted by Crippen LogP contribution is -2.15. The minimum absolute atomic E-state index is 0.0614. The molecular formula is C105H103N3O16. The number of unbranched alkanes of at least 4 members (excludes halogenated alkanes) is 18. The molecule has 0 amide bonds. The molecule has 18 rings (SSSR count). The molecule has 0 heterocycles. The topological polar surface area (TPSA) is 237 Å². The van der Waals surface area contributed by atoms with Crippen LogP contribution in [0.4, 0.5) is 17.1 Å². The van der Waals surface area contributed by atoms with Gasteiger partial charge in [0.05, 0.1) is 97.0 Å². The molecule has 1 aliphatic rings. The van der Waals surface area contributed by atoms with Crippen LogP contribution in [-0.2, 0) is 41.3 Å². The number of nitro benzene ring substituents is 3. The largest absolute Gasteiger partial charge is 0.491 e. The molecule has 0 bridgehead atoms. The molecule has 0 spiro atoms. The van der Waals surface area contributed by atoms with Crippen LogP contribution in [-0.4, -0.2) is 113 Å². The summed E-state index contributed by atoms with van der Waals surface area (Å²) in [4.78, 5) is 60.0. The van der Waals surface area contributed by atoms with E-state index in [9.17, 15) is 39.9 Å². The second kappa shape index (κ2) is 36.9. The van der Waals surface area contributed by atoms with E-state index in [2.05, 4.69) is 135 Å². The Morgan fingerprint density at radius 2 is 0.637 bits per heavy atom. The average Bonchev–Trinajstić information content (AvgIpc) is 0.683. The van der Waals surface area contributed by atoms with Gasteiger partial charge in [-0.1, -0.05) is 214 Å². The van der Waals surface area contributed by atoms with E-state index in [0.29, 0.717) is 51.5 Å². The van der Waals surface area contributed by atoms with E-state index < -0.39 is 65.8 Å². The van der Waals surface area contributed by atoms with Gasteiger partial charge < -0.3 is 37.9 Å². The monoisotopic (exact) mass is 1660 g/mol. The lowest BCUT2D eigenvalue weighted by Gasteiger charge is -2.30. The summed E-state index contributed by atoms with van der Waals surface area (Å²) in [6.45, 7) is 7.99. The van der Waals surface area contributed by atoms with Crippen molar-refractivity contribution in [2.75, 3.05) is 86.4 Å². The molecule has 19 nitrogen and oxygen atoms in total. The zero-order chi connectivity index (χ0) is 85.1. The van der Waals surface area contributed by atoms with E-state index in [0.717, 1.165) is 59.0 Å². The van der Waals surface area contributed by atoms with E-state index in [-0.39, 0.29) is 45.2 Å². The number of carbonyl (C=O) groups is 2. The number of esters is 1. The minimum Gasteiger partial charge on any atom is -0.491 e. The molecule has 19 heteroatoms. The van der Waals surface area contributed by atoms with Crippen molar-refractivity contribution >= 4 is 158 Å². The van der Waals surface area contributed by atoms with Crippen LogP contribution >= 0.6 is 0 Å². The summed E-state index contributed by atoms with van der Waals surface area (Å²) in [6.07, 6.45) is 28.1. The Hall–Kier alpha value is -11.8. The van der Waals surface area contributed by atoms with E-state index in [4.69, 9.17) is 37.9 Å². The van der Waals surface area contributed by atoms with Crippen molar-refractivity contribution in [3.63, 3.8) is 0 Å². The molecule has 17 aromatic carbocycles. The van der Waals surface area contributed by atoms with Gasteiger partial charge >= 0.3 is 5.97 Å². The fourth-order valence-corrected chi connectivity index (χ4v) is 20.3. The maximum absolute atomic E-state index is 13.5. The van der Waals surface area contributed by atoms with E-state index in [1.165, 1.54) is 269 Å². The number of benzene rings is 17. The normalized spacial score (nSPS) is 12.5. The first-order chi connectivity index (χ1) is 60.8. The standard InChI is InChI=1S/C105H103N3O16/c1-4-6-8-10-12-14-16-18-20-22-26-64-52-78-74-28-24-30-76-82-56-68(66-32-36-72(37-33-66)122-49-46-119-43-42-118-41-40-117-3)58-84-85-59-69(67-34-38-73(39-35-67)123-50-47-120-44-45-121-48-51-124-105(110)70-60-86-96(88(61-70)107(113)114)97-87(104(86)109)62-71(106(111)112)63-89(97)108(115)116)57-83-77-31-25-29-75-79-53-65(27-23-21-19-17-15-13-11-9-7-5-2)55-81-80(54-64)92(78)100-98(90(74)76)102(94(82)84)103(95(83)85)99(91(75)77)101(100)93(79)81/h24-25,28-39,52-63H,4-23,26-27,40-51H2,1-3H3. The van der Waals surface area contributed by atoms with Crippen molar-refractivity contribution in [2.45, 2.75) is 155 Å². The smallest absolute Gasteiger partial charge is 0.338 e. The van der Waals surface area contributed by atoms with Crippen molar-refractivity contribution in [2.24, 2.45) is 0 Å². The fourth-order valence-electron chi connectivity index (χ4n) is 20.3. The third kappa shape index (κ3) is 15.8. The molecular weight excluding hydrogens is 1560 g/mol. The van der Waals surface area contributed by atoms with E-state index >= 15 is 0 Å². The maximum Gasteiger partial charge on any atom is 0.338 e. The summed E-state index contributed by atoms with van der Waals surface area (Å²) >= 11 is 0.